The van der Waals surface area contributed by atoms with E-state index in [9.17, 15) is 0 Å². The maximum absolute atomic E-state index is 5.29. The summed E-state index contributed by atoms with van der Waals surface area (Å²) in [6.45, 7) is 2.26. The Hall–Kier alpha value is -1.42. The van der Waals surface area contributed by atoms with Gasteiger partial charge in [0.05, 0.1) is 0 Å². The van der Waals surface area contributed by atoms with E-state index in [0.717, 1.165) is 30.3 Å². The number of hydrogen-bond acceptors (Lipinski definition) is 4. The Balaban J connectivity index is 1.92. The van der Waals surface area contributed by atoms with Gasteiger partial charge in [-0.1, -0.05) is 0 Å². The van der Waals surface area contributed by atoms with Crippen LogP contribution in [0.3, 0.4) is 0 Å². The van der Waals surface area contributed by atoms with Crippen LogP contribution in [0.25, 0.3) is 0 Å². The first-order chi connectivity index (χ1) is 7.25. The minimum absolute atomic E-state index is 0.330. The van der Waals surface area contributed by atoms with Gasteiger partial charge < -0.3 is 19.7 Å². The quantitative estimate of drug-likeness (QED) is 0.810. The van der Waals surface area contributed by atoms with Gasteiger partial charge in [-0.2, -0.15) is 0 Å². The summed E-state index contributed by atoms with van der Waals surface area (Å²) in [6.07, 6.45) is 0. The number of rotatable bonds is 4. The first-order valence-corrected chi connectivity index (χ1v) is 5.04. The number of ether oxygens (including phenoxy) is 2. The van der Waals surface area contributed by atoms with E-state index in [1.807, 2.05) is 18.2 Å². The first-order valence-electron chi connectivity index (χ1n) is 5.04. The second-order valence-corrected chi connectivity index (χ2v) is 3.80. The Morgan fingerprint density at radius 3 is 2.87 bits per heavy atom. The molecule has 1 aromatic rings. The predicted molar refractivity (Wildman–Crippen MR) is 59.6 cm³/mol. The van der Waals surface area contributed by atoms with E-state index in [2.05, 4.69) is 24.3 Å². The molecule has 1 aromatic carbocycles. The van der Waals surface area contributed by atoms with Gasteiger partial charge in [0.1, 0.15) is 0 Å². The molecule has 15 heavy (non-hydrogen) atoms. The zero-order valence-corrected chi connectivity index (χ0v) is 9.12. The van der Waals surface area contributed by atoms with Crippen LogP contribution in [0.15, 0.2) is 18.2 Å². The van der Waals surface area contributed by atoms with E-state index in [4.69, 9.17) is 9.47 Å². The summed E-state index contributed by atoms with van der Waals surface area (Å²) in [4.78, 5) is 2.14. The molecule has 0 bridgehead atoms. The second kappa shape index (κ2) is 4.40. The van der Waals surface area contributed by atoms with Crippen LogP contribution in [0, 0.1) is 0 Å². The molecule has 1 N–H and O–H groups in total. The van der Waals surface area contributed by atoms with Crippen LogP contribution in [-0.2, 0) is 0 Å². The van der Waals surface area contributed by atoms with E-state index in [0.29, 0.717) is 6.79 Å². The van der Waals surface area contributed by atoms with E-state index >= 15 is 0 Å². The van der Waals surface area contributed by atoms with Crippen LogP contribution in [0.1, 0.15) is 0 Å². The van der Waals surface area contributed by atoms with Crippen LogP contribution in [0.2, 0.25) is 0 Å². The Morgan fingerprint density at radius 2 is 2.07 bits per heavy atom. The Bertz CT molecular complexity index is 339. The van der Waals surface area contributed by atoms with Gasteiger partial charge in [0.15, 0.2) is 11.5 Å². The summed E-state index contributed by atoms with van der Waals surface area (Å²) >= 11 is 0. The summed E-state index contributed by atoms with van der Waals surface area (Å²) in [7, 11) is 4.11. The average Bonchev–Trinajstić information content (AvgIpc) is 2.64. The third-order valence-corrected chi connectivity index (χ3v) is 2.26. The van der Waals surface area contributed by atoms with Gasteiger partial charge >= 0.3 is 0 Å². The summed E-state index contributed by atoms with van der Waals surface area (Å²) in [6, 6.07) is 5.90. The molecular formula is C11H16N2O2. The van der Waals surface area contributed by atoms with Crippen molar-refractivity contribution in [2.75, 3.05) is 39.3 Å². The molecule has 4 heteroatoms. The highest BCUT2D eigenvalue weighted by Crippen LogP contribution is 2.33. The Labute approximate surface area is 89.8 Å². The molecule has 0 aliphatic carbocycles. The lowest BCUT2D eigenvalue weighted by Gasteiger charge is -2.11. The fourth-order valence-electron chi connectivity index (χ4n) is 1.43. The van der Waals surface area contributed by atoms with Crippen molar-refractivity contribution >= 4 is 5.69 Å². The molecule has 1 aliphatic heterocycles. The van der Waals surface area contributed by atoms with Crippen LogP contribution < -0.4 is 14.8 Å². The van der Waals surface area contributed by atoms with Gasteiger partial charge in [0, 0.05) is 24.8 Å². The van der Waals surface area contributed by atoms with Gasteiger partial charge in [-0.25, -0.2) is 0 Å². The Kier molecular flexibility index (Phi) is 2.97. The number of benzene rings is 1. The maximum Gasteiger partial charge on any atom is 0.231 e. The molecular weight excluding hydrogens is 192 g/mol. The van der Waals surface area contributed by atoms with Gasteiger partial charge in [-0.3, -0.25) is 0 Å². The largest absolute Gasteiger partial charge is 0.454 e. The second-order valence-electron chi connectivity index (χ2n) is 3.80. The molecule has 0 atom stereocenters. The third kappa shape index (κ3) is 2.53. The lowest BCUT2D eigenvalue weighted by atomic mass is 10.3. The zero-order chi connectivity index (χ0) is 10.7. The number of hydrogen-bond donors (Lipinski definition) is 1. The minimum Gasteiger partial charge on any atom is -0.454 e. The fourth-order valence-corrected chi connectivity index (χ4v) is 1.43. The van der Waals surface area contributed by atoms with Gasteiger partial charge in [0.25, 0.3) is 0 Å². The van der Waals surface area contributed by atoms with Crippen molar-refractivity contribution in [2.45, 2.75) is 0 Å². The molecule has 0 unspecified atom stereocenters. The van der Waals surface area contributed by atoms with Crippen molar-refractivity contribution in [1.29, 1.82) is 0 Å². The topological polar surface area (TPSA) is 33.7 Å². The predicted octanol–water partition coefficient (Wildman–Crippen LogP) is 1.39. The van der Waals surface area contributed by atoms with Crippen LogP contribution >= 0.6 is 0 Å². The smallest absolute Gasteiger partial charge is 0.231 e. The first kappa shape index (κ1) is 10.1. The van der Waals surface area contributed by atoms with Crippen molar-refractivity contribution in [3.8, 4) is 11.5 Å². The molecule has 0 radical (unpaired) electrons. The number of likely N-dealkylation sites (N-methyl/N-ethyl adjacent to an activating group) is 1. The van der Waals surface area contributed by atoms with Crippen molar-refractivity contribution in [3.05, 3.63) is 18.2 Å². The Morgan fingerprint density at radius 1 is 1.27 bits per heavy atom. The lowest BCUT2D eigenvalue weighted by Crippen LogP contribution is -2.20. The van der Waals surface area contributed by atoms with E-state index in [-0.39, 0.29) is 0 Å². The van der Waals surface area contributed by atoms with Crippen LogP contribution in [-0.4, -0.2) is 38.9 Å². The number of fused-ring (bicyclic) bond motifs is 1. The van der Waals surface area contributed by atoms with Gasteiger partial charge in [0.2, 0.25) is 6.79 Å². The number of nitrogens with zero attached hydrogens (tertiary/aromatic N) is 1. The van der Waals surface area contributed by atoms with Crippen molar-refractivity contribution in [3.63, 3.8) is 0 Å². The fraction of sp³-hybridized carbons (Fsp3) is 0.455. The molecule has 4 nitrogen and oxygen atoms in total. The standard InChI is InChI=1S/C11H16N2O2/c1-13(2)6-5-12-9-3-4-10-11(7-9)15-8-14-10/h3-4,7,12H,5-6,8H2,1-2H3. The normalized spacial score (nSPS) is 13.3. The summed E-state index contributed by atoms with van der Waals surface area (Å²) in [5.41, 5.74) is 1.07. The van der Waals surface area contributed by atoms with Crippen LogP contribution in [0.5, 0.6) is 11.5 Å². The summed E-state index contributed by atoms with van der Waals surface area (Å²) < 4.78 is 10.5. The zero-order valence-electron chi connectivity index (χ0n) is 9.12. The van der Waals surface area contributed by atoms with E-state index < -0.39 is 0 Å². The summed E-state index contributed by atoms with van der Waals surface area (Å²) in [5, 5.41) is 3.33. The highest BCUT2D eigenvalue weighted by Gasteiger charge is 2.12. The molecule has 0 spiro atoms. The van der Waals surface area contributed by atoms with Crippen molar-refractivity contribution < 1.29 is 9.47 Å². The maximum atomic E-state index is 5.29. The number of anilines is 1. The third-order valence-electron chi connectivity index (χ3n) is 2.26. The molecule has 0 saturated carbocycles. The van der Waals surface area contributed by atoms with Crippen LogP contribution in [0.4, 0.5) is 5.69 Å². The monoisotopic (exact) mass is 208 g/mol. The summed E-state index contributed by atoms with van der Waals surface area (Å²) in [5.74, 6) is 1.65. The van der Waals surface area contributed by atoms with E-state index in [1.54, 1.807) is 0 Å². The van der Waals surface area contributed by atoms with E-state index in [1.165, 1.54) is 0 Å². The average molecular weight is 208 g/mol. The molecule has 0 amide bonds. The molecule has 2 rings (SSSR count). The molecule has 1 heterocycles. The van der Waals surface area contributed by atoms with Crippen molar-refractivity contribution in [2.24, 2.45) is 0 Å². The van der Waals surface area contributed by atoms with Gasteiger partial charge in [-0.05, 0) is 26.2 Å². The molecule has 0 fully saturated rings. The molecule has 0 saturated heterocycles. The van der Waals surface area contributed by atoms with Gasteiger partial charge in [-0.15, -0.1) is 0 Å². The lowest BCUT2D eigenvalue weighted by molar-refractivity contribution is 0.174. The number of nitrogens with one attached hydrogen (secondary N) is 1. The molecule has 0 aromatic heterocycles. The minimum atomic E-state index is 0.330. The molecule has 82 valence electrons. The highest BCUT2D eigenvalue weighted by atomic mass is 16.7. The molecule has 1 aliphatic rings. The SMILES string of the molecule is CN(C)CCNc1ccc2c(c1)OCO2. The highest BCUT2D eigenvalue weighted by molar-refractivity contribution is 5.55. The van der Waals surface area contributed by atoms with Crippen molar-refractivity contribution in [1.82, 2.24) is 4.90 Å².